The van der Waals surface area contributed by atoms with Crippen molar-refractivity contribution in [3.63, 3.8) is 0 Å². The maximum Gasteiger partial charge on any atom is 0.287 e. The standard InChI is InChI=1S/C21H29ClN4O3S/c1-14-11-16(21(3,4)5)12-15(2)19(14)30(28,29)26-9-7-25(8-10-26)17-13-23-24(6)20(27)18(17)22/h11-13H,7-10H2,1-6H3. The van der Waals surface area contributed by atoms with Crippen LogP contribution >= 0.6 is 11.6 Å². The van der Waals surface area contributed by atoms with Gasteiger partial charge in [-0.25, -0.2) is 13.1 Å². The number of rotatable bonds is 3. The molecule has 1 fully saturated rings. The van der Waals surface area contributed by atoms with E-state index < -0.39 is 10.0 Å². The molecule has 0 N–H and O–H groups in total. The van der Waals surface area contributed by atoms with Crippen molar-refractivity contribution in [2.45, 2.75) is 44.9 Å². The minimum absolute atomic E-state index is 0.0521. The summed E-state index contributed by atoms with van der Waals surface area (Å²) in [7, 11) is -2.08. The molecular weight excluding hydrogens is 424 g/mol. The van der Waals surface area contributed by atoms with E-state index in [1.54, 1.807) is 6.20 Å². The SMILES string of the molecule is Cc1cc(C(C)(C)C)cc(C)c1S(=O)(=O)N1CCN(c2cnn(C)c(=O)c2Cl)CC1. The molecule has 2 heterocycles. The first-order valence-electron chi connectivity index (χ1n) is 9.92. The second-order valence-corrected chi connectivity index (χ2v) is 11.1. The Morgan fingerprint density at radius 1 is 1.03 bits per heavy atom. The van der Waals surface area contributed by atoms with Crippen molar-refractivity contribution < 1.29 is 8.42 Å². The molecule has 1 aliphatic heterocycles. The lowest BCUT2D eigenvalue weighted by Crippen LogP contribution is -2.49. The van der Waals surface area contributed by atoms with E-state index in [0.717, 1.165) is 16.7 Å². The van der Waals surface area contributed by atoms with Gasteiger partial charge in [-0.1, -0.05) is 44.5 Å². The number of anilines is 1. The van der Waals surface area contributed by atoms with Crippen LogP contribution in [-0.4, -0.2) is 48.7 Å². The van der Waals surface area contributed by atoms with E-state index >= 15 is 0 Å². The molecule has 164 valence electrons. The Kier molecular flexibility index (Phi) is 6.06. The van der Waals surface area contributed by atoms with E-state index in [-0.39, 0.29) is 16.0 Å². The third kappa shape index (κ3) is 4.13. The first-order chi connectivity index (χ1) is 13.8. The highest BCUT2D eigenvalue weighted by atomic mass is 35.5. The number of sulfonamides is 1. The fraction of sp³-hybridized carbons (Fsp3) is 0.524. The fourth-order valence-corrected chi connectivity index (χ4v) is 5.94. The van der Waals surface area contributed by atoms with Gasteiger partial charge in [0.2, 0.25) is 10.0 Å². The molecule has 1 aliphatic rings. The van der Waals surface area contributed by atoms with Crippen LogP contribution in [-0.2, 0) is 22.5 Å². The maximum absolute atomic E-state index is 13.4. The molecule has 9 heteroatoms. The normalized spacial score (nSPS) is 16.2. The molecule has 0 radical (unpaired) electrons. The number of hydrogen-bond acceptors (Lipinski definition) is 5. The molecule has 30 heavy (non-hydrogen) atoms. The first-order valence-corrected chi connectivity index (χ1v) is 11.7. The molecular formula is C21H29ClN4O3S. The quantitative estimate of drug-likeness (QED) is 0.715. The molecule has 0 unspecified atom stereocenters. The van der Waals surface area contributed by atoms with E-state index in [0.29, 0.717) is 36.8 Å². The van der Waals surface area contributed by atoms with Gasteiger partial charge < -0.3 is 4.90 Å². The lowest BCUT2D eigenvalue weighted by molar-refractivity contribution is 0.384. The first kappa shape index (κ1) is 22.8. The van der Waals surface area contributed by atoms with Gasteiger partial charge >= 0.3 is 0 Å². The van der Waals surface area contributed by atoms with Gasteiger partial charge in [-0.3, -0.25) is 4.79 Å². The zero-order valence-electron chi connectivity index (χ0n) is 18.4. The summed E-state index contributed by atoms with van der Waals surface area (Å²) >= 11 is 6.20. The Labute approximate surface area is 183 Å². The van der Waals surface area contributed by atoms with E-state index in [1.807, 2.05) is 30.9 Å². The van der Waals surface area contributed by atoms with E-state index in [9.17, 15) is 13.2 Å². The fourth-order valence-electron chi connectivity index (χ4n) is 3.81. The van der Waals surface area contributed by atoms with Gasteiger partial charge in [-0.15, -0.1) is 0 Å². The summed E-state index contributed by atoms with van der Waals surface area (Å²) < 4.78 is 29.5. The van der Waals surface area contributed by atoms with Crippen molar-refractivity contribution in [1.29, 1.82) is 0 Å². The van der Waals surface area contributed by atoms with Gasteiger partial charge in [-0.05, 0) is 36.0 Å². The Balaban J connectivity index is 1.85. The maximum atomic E-state index is 13.4. The smallest absolute Gasteiger partial charge is 0.287 e. The zero-order valence-corrected chi connectivity index (χ0v) is 19.9. The molecule has 0 amide bonds. The number of hydrogen-bond donors (Lipinski definition) is 0. The molecule has 0 aliphatic carbocycles. The topological polar surface area (TPSA) is 75.5 Å². The van der Waals surface area contributed by atoms with E-state index in [2.05, 4.69) is 25.9 Å². The third-order valence-electron chi connectivity index (χ3n) is 5.56. The lowest BCUT2D eigenvalue weighted by Gasteiger charge is -2.36. The van der Waals surface area contributed by atoms with Crippen LogP contribution in [0.15, 0.2) is 28.0 Å². The Morgan fingerprint density at radius 3 is 2.07 bits per heavy atom. The molecule has 0 bridgehead atoms. The highest BCUT2D eigenvalue weighted by Gasteiger charge is 2.32. The molecule has 7 nitrogen and oxygen atoms in total. The number of nitrogens with zero attached hydrogens (tertiary/aromatic N) is 4. The third-order valence-corrected chi connectivity index (χ3v) is 8.12. The van der Waals surface area contributed by atoms with Crippen molar-refractivity contribution in [3.8, 4) is 0 Å². The van der Waals surface area contributed by atoms with Crippen molar-refractivity contribution in [2.75, 3.05) is 31.1 Å². The summed E-state index contributed by atoms with van der Waals surface area (Å²) in [4.78, 5) is 14.3. The molecule has 3 rings (SSSR count). The Hall–Kier alpha value is -1.90. The van der Waals surface area contributed by atoms with Crippen LogP contribution in [0.25, 0.3) is 0 Å². The van der Waals surface area contributed by atoms with Crippen LogP contribution in [0, 0.1) is 13.8 Å². The van der Waals surface area contributed by atoms with Crippen LogP contribution in [0.3, 0.4) is 0 Å². The monoisotopic (exact) mass is 452 g/mol. The molecule has 1 aromatic heterocycles. The minimum atomic E-state index is -3.62. The second kappa shape index (κ2) is 7.98. The zero-order chi connectivity index (χ0) is 22.4. The van der Waals surface area contributed by atoms with Crippen molar-refractivity contribution in [3.05, 3.63) is 50.4 Å². The largest absolute Gasteiger partial charge is 0.366 e. The van der Waals surface area contributed by atoms with E-state index in [4.69, 9.17) is 11.6 Å². The van der Waals surface area contributed by atoms with Gasteiger partial charge in [0.1, 0.15) is 5.02 Å². The molecule has 0 spiro atoms. The highest BCUT2D eigenvalue weighted by Crippen LogP contribution is 2.31. The van der Waals surface area contributed by atoms with E-state index in [1.165, 1.54) is 16.0 Å². The van der Waals surface area contributed by atoms with Gasteiger partial charge in [0.25, 0.3) is 5.56 Å². The molecule has 0 saturated carbocycles. The highest BCUT2D eigenvalue weighted by molar-refractivity contribution is 7.89. The Bertz CT molecular complexity index is 1100. The summed E-state index contributed by atoms with van der Waals surface area (Å²) in [5.41, 5.74) is 2.77. The summed E-state index contributed by atoms with van der Waals surface area (Å²) in [6.45, 7) is 11.6. The lowest BCUT2D eigenvalue weighted by atomic mass is 9.85. The Morgan fingerprint density at radius 2 is 1.57 bits per heavy atom. The number of benzene rings is 1. The van der Waals surface area contributed by atoms with Crippen molar-refractivity contribution in [2.24, 2.45) is 7.05 Å². The number of aryl methyl sites for hydroxylation is 3. The average molecular weight is 453 g/mol. The van der Waals surface area contributed by atoms with Gasteiger partial charge in [0.15, 0.2) is 0 Å². The van der Waals surface area contributed by atoms with Crippen LogP contribution in [0.4, 0.5) is 5.69 Å². The number of aromatic nitrogens is 2. The van der Waals surface area contributed by atoms with Crippen molar-refractivity contribution >= 4 is 27.3 Å². The summed E-state index contributed by atoms with van der Waals surface area (Å²) in [5.74, 6) is 0. The predicted octanol–water partition coefficient (Wildman–Crippen LogP) is 2.86. The van der Waals surface area contributed by atoms with Crippen LogP contribution in [0.5, 0.6) is 0 Å². The summed E-state index contributed by atoms with van der Waals surface area (Å²) in [6.07, 6.45) is 1.55. The van der Waals surface area contributed by atoms with Gasteiger partial charge in [-0.2, -0.15) is 9.40 Å². The molecule has 0 atom stereocenters. The average Bonchev–Trinajstić information content (AvgIpc) is 2.65. The van der Waals surface area contributed by atoms with Gasteiger partial charge in [0, 0.05) is 33.2 Å². The molecule has 1 saturated heterocycles. The van der Waals surface area contributed by atoms with Crippen LogP contribution in [0.2, 0.25) is 5.02 Å². The number of halogens is 1. The molecule has 2 aromatic rings. The number of piperazine rings is 1. The minimum Gasteiger partial charge on any atom is -0.366 e. The molecule has 1 aromatic carbocycles. The second-order valence-electron chi connectivity index (χ2n) is 8.85. The van der Waals surface area contributed by atoms with Crippen LogP contribution in [0.1, 0.15) is 37.5 Å². The van der Waals surface area contributed by atoms with Crippen molar-refractivity contribution in [1.82, 2.24) is 14.1 Å². The van der Waals surface area contributed by atoms with Crippen LogP contribution < -0.4 is 10.5 Å². The summed E-state index contributed by atoms with van der Waals surface area (Å²) in [6, 6.07) is 3.95. The van der Waals surface area contributed by atoms with Gasteiger partial charge in [0.05, 0.1) is 16.8 Å². The predicted molar refractivity (Wildman–Crippen MR) is 120 cm³/mol. The summed E-state index contributed by atoms with van der Waals surface area (Å²) in [5, 5.41) is 4.13.